The standard InChI is InChI=1S/C10H13N3S/c1-3-5-12-7-8-13(6-4-2)10(12)14-9-11/h3-4,7-8,10H,1-2,5-6H2. The maximum absolute atomic E-state index is 8.68. The molecule has 0 aromatic heterocycles. The summed E-state index contributed by atoms with van der Waals surface area (Å²) in [6.45, 7) is 8.87. The van der Waals surface area contributed by atoms with Crippen LogP contribution in [-0.2, 0) is 0 Å². The van der Waals surface area contributed by atoms with Gasteiger partial charge in [0.2, 0.25) is 0 Å². The normalized spacial score (nSPS) is 15.6. The van der Waals surface area contributed by atoms with Crippen molar-refractivity contribution in [2.24, 2.45) is 0 Å². The number of hydrogen-bond donors (Lipinski definition) is 0. The zero-order chi connectivity index (χ0) is 10.4. The minimum absolute atomic E-state index is 0.0519. The average molecular weight is 207 g/mol. The molecule has 3 nitrogen and oxygen atoms in total. The third-order valence-corrected chi connectivity index (χ3v) is 2.71. The van der Waals surface area contributed by atoms with Crippen LogP contribution in [0.4, 0.5) is 0 Å². The third kappa shape index (κ3) is 2.33. The van der Waals surface area contributed by atoms with Gasteiger partial charge < -0.3 is 9.80 Å². The fourth-order valence-corrected chi connectivity index (χ4v) is 1.97. The van der Waals surface area contributed by atoms with Gasteiger partial charge in [-0.25, -0.2) is 0 Å². The first-order chi connectivity index (χ1) is 6.83. The Balaban J connectivity index is 2.63. The highest BCUT2D eigenvalue weighted by atomic mass is 32.2. The van der Waals surface area contributed by atoms with Crippen molar-refractivity contribution in [3.05, 3.63) is 37.7 Å². The number of thiocyanates is 1. The molecule has 0 fully saturated rings. The molecule has 0 spiro atoms. The van der Waals surface area contributed by atoms with Crippen LogP contribution in [0.2, 0.25) is 0 Å². The smallest absolute Gasteiger partial charge is 0.164 e. The molecular weight excluding hydrogens is 194 g/mol. The SMILES string of the molecule is C=CCN1C=CN(CC=C)C1SC#N. The lowest BCUT2D eigenvalue weighted by atomic mass is 10.5. The second-order valence-corrected chi connectivity index (χ2v) is 3.64. The molecular formula is C10H13N3S. The Labute approximate surface area is 89.0 Å². The summed E-state index contributed by atoms with van der Waals surface area (Å²) in [6, 6.07) is 0. The Hall–Kier alpha value is -1.34. The largest absolute Gasteiger partial charge is 0.343 e. The highest BCUT2D eigenvalue weighted by Gasteiger charge is 2.24. The van der Waals surface area contributed by atoms with Gasteiger partial charge in [0.15, 0.2) is 5.50 Å². The highest BCUT2D eigenvalue weighted by Crippen LogP contribution is 2.24. The van der Waals surface area contributed by atoms with E-state index in [4.69, 9.17) is 5.26 Å². The van der Waals surface area contributed by atoms with Crippen molar-refractivity contribution in [2.45, 2.75) is 5.50 Å². The van der Waals surface area contributed by atoms with Gasteiger partial charge in [-0.3, -0.25) is 0 Å². The monoisotopic (exact) mass is 207 g/mol. The molecule has 0 saturated carbocycles. The van der Waals surface area contributed by atoms with E-state index >= 15 is 0 Å². The second-order valence-electron chi connectivity index (χ2n) is 2.80. The van der Waals surface area contributed by atoms with E-state index < -0.39 is 0 Å². The molecule has 0 bridgehead atoms. The minimum atomic E-state index is 0.0519. The summed E-state index contributed by atoms with van der Waals surface area (Å²) in [7, 11) is 0. The van der Waals surface area contributed by atoms with Crippen molar-refractivity contribution in [2.75, 3.05) is 13.1 Å². The van der Waals surface area contributed by atoms with Crippen molar-refractivity contribution in [1.82, 2.24) is 9.80 Å². The lowest BCUT2D eigenvalue weighted by molar-refractivity contribution is 0.265. The van der Waals surface area contributed by atoms with Gasteiger partial charge in [0.05, 0.1) is 0 Å². The molecule has 0 aromatic rings. The quantitative estimate of drug-likeness (QED) is 0.509. The van der Waals surface area contributed by atoms with E-state index in [0.717, 1.165) is 13.1 Å². The average Bonchev–Trinajstić information content (AvgIpc) is 2.52. The maximum Gasteiger partial charge on any atom is 0.164 e. The third-order valence-electron chi connectivity index (χ3n) is 1.85. The Bertz CT molecular complexity index is 260. The van der Waals surface area contributed by atoms with Gasteiger partial charge in [-0.15, -0.1) is 13.2 Å². The summed E-state index contributed by atoms with van der Waals surface area (Å²) in [5.74, 6) is 0. The van der Waals surface area contributed by atoms with Crippen LogP contribution >= 0.6 is 11.8 Å². The number of nitriles is 1. The van der Waals surface area contributed by atoms with Gasteiger partial charge in [-0.05, 0) is 0 Å². The Morgan fingerprint density at radius 1 is 1.29 bits per heavy atom. The van der Waals surface area contributed by atoms with Crippen LogP contribution in [0.25, 0.3) is 0 Å². The predicted molar refractivity (Wildman–Crippen MR) is 59.9 cm³/mol. The summed E-state index contributed by atoms with van der Waals surface area (Å²) in [6.07, 6.45) is 7.60. The van der Waals surface area contributed by atoms with Crippen LogP contribution in [0.15, 0.2) is 37.7 Å². The van der Waals surface area contributed by atoms with E-state index in [0.29, 0.717) is 0 Å². The van der Waals surface area contributed by atoms with E-state index in [9.17, 15) is 0 Å². The first-order valence-corrected chi connectivity index (χ1v) is 5.17. The summed E-state index contributed by atoms with van der Waals surface area (Å²) in [4.78, 5) is 4.12. The van der Waals surface area contributed by atoms with Gasteiger partial charge in [0, 0.05) is 37.3 Å². The maximum atomic E-state index is 8.68. The van der Waals surface area contributed by atoms with Crippen LogP contribution in [0.5, 0.6) is 0 Å². The minimum Gasteiger partial charge on any atom is -0.343 e. The van der Waals surface area contributed by atoms with E-state index in [2.05, 4.69) is 28.4 Å². The molecule has 0 aliphatic carbocycles. The van der Waals surface area contributed by atoms with Gasteiger partial charge in [-0.1, -0.05) is 12.2 Å². The Morgan fingerprint density at radius 3 is 2.14 bits per heavy atom. The van der Waals surface area contributed by atoms with Crippen LogP contribution in [0, 0.1) is 10.7 Å². The molecule has 0 amide bonds. The predicted octanol–water partition coefficient (Wildman–Crippen LogP) is 1.95. The summed E-state index contributed by atoms with van der Waals surface area (Å²) in [5.41, 5.74) is 0.0519. The molecule has 1 aliphatic rings. The van der Waals surface area contributed by atoms with Crippen LogP contribution in [0.1, 0.15) is 0 Å². The molecule has 0 saturated heterocycles. The molecule has 74 valence electrons. The molecule has 0 aromatic carbocycles. The number of nitrogens with zero attached hydrogens (tertiary/aromatic N) is 3. The summed E-state index contributed by atoms with van der Waals surface area (Å²) < 4.78 is 0. The zero-order valence-corrected chi connectivity index (χ0v) is 8.78. The summed E-state index contributed by atoms with van der Waals surface area (Å²) in [5, 5.41) is 10.8. The topological polar surface area (TPSA) is 30.3 Å². The van der Waals surface area contributed by atoms with E-state index in [1.54, 1.807) is 0 Å². The Morgan fingerprint density at radius 2 is 1.79 bits per heavy atom. The molecule has 1 rings (SSSR count). The van der Waals surface area contributed by atoms with Crippen molar-refractivity contribution in [3.8, 4) is 5.40 Å². The second kappa shape index (κ2) is 5.40. The van der Waals surface area contributed by atoms with E-state index in [1.165, 1.54) is 11.8 Å². The first-order valence-electron chi connectivity index (χ1n) is 4.30. The van der Waals surface area contributed by atoms with Crippen LogP contribution < -0.4 is 0 Å². The fraction of sp³-hybridized carbons (Fsp3) is 0.300. The number of rotatable bonds is 5. The summed E-state index contributed by atoms with van der Waals surface area (Å²) >= 11 is 1.23. The molecule has 14 heavy (non-hydrogen) atoms. The molecule has 0 atom stereocenters. The zero-order valence-electron chi connectivity index (χ0n) is 7.97. The van der Waals surface area contributed by atoms with Crippen molar-refractivity contribution >= 4 is 11.8 Å². The van der Waals surface area contributed by atoms with Crippen LogP contribution in [0.3, 0.4) is 0 Å². The lowest BCUT2D eigenvalue weighted by Crippen LogP contribution is -2.35. The fourth-order valence-electron chi connectivity index (χ4n) is 1.29. The number of hydrogen-bond acceptors (Lipinski definition) is 4. The molecule has 1 aliphatic heterocycles. The molecule has 0 N–H and O–H groups in total. The molecule has 4 heteroatoms. The van der Waals surface area contributed by atoms with Crippen molar-refractivity contribution in [1.29, 1.82) is 5.26 Å². The van der Waals surface area contributed by atoms with Crippen molar-refractivity contribution in [3.63, 3.8) is 0 Å². The molecule has 0 unspecified atom stereocenters. The van der Waals surface area contributed by atoms with Gasteiger partial charge in [-0.2, -0.15) is 5.26 Å². The van der Waals surface area contributed by atoms with Crippen molar-refractivity contribution < 1.29 is 0 Å². The van der Waals surface area contributed by atoms with E-state index in [-0.39, 0.29) is 5.50 Å². The highest BCUT2D eigenvalue weighted by molar-refractivity contribution is 8.04. The molecule has 0 radical (unpaired) electrons. The van der Waals surface area contributed by atoms with E-state index in [1.807, 2.05) is 24.6 Å². The number of thioether (sulfide) groups is 1. The van der Waals surface area contributed by atoms with Gasteiger partial charge in [0.25, 0.3) is 0 Å². The van der Waals surface area contributed by atoms with Crippen LogP contribution in [-0.4, -0.2) is 28.4 Å². The first kappa shape index (κ1) is 10.7. The lowest BCUT2D eigenvalue weighted by Gasteiger charge is -2.28. The van der Waals surface area contributed by atoms with Gasteiger partial charge >= 0.3 is 0 Å². The molecule has 1 heterocycles. The van der Waals surface area contributed by atoms with Gasteiger partial charge in [0.1, 0.15) is 5.40 Å². The Kier molecular flexibility index (Phi) is 4.14.